The standard InChI is InChI=1S/C23H24N4O/c28-23(20-13-8-16-27(17-20)21-14-7-15-24-26-21)25-22(18-9-3-1-4-10-18)19-11-5-2-6-12-19/h1-7,9-12,14-15,20,22H,8,13,16-17H2,(H,25,28). The summed E-state index contributed by atoms with van der Waals surface area (Å²) < 4.78 is 0. The second-order valence-electron chi connectivity index (χ2n) is 7.13. The summed E-state index contributed by atoms with van der Waals surface area (Å²) in [7, 11) is 0. The molecule has 0 saturated carbocycles. The molecule has 1 amide bonds. The summed E-state index contributed by atoms with van der Waals surface area (Å²) in [6, 6.07) is 23.9. The smallest absolute Gasteiger partial charge is 0.225 e. The Labute approximate surface area is 165 Å². The van der Waals surface area contributed by atoms with E-state index in [9.17, 15) is 4.79 Å². The Morgan fingerprint density at radius 2 is 1.64 bits per heavy atom. The van der Waals surface area contributed by atoms with Gasteiger partial charge in [0, 0.05) is 19.3 Å². The van der Waals surface area contributed by atoms with Gasteiger partial charge in [0.2, 0.25) is 5.91 Å². The van der Waals surface area contributed by atoms with Crippen molar-refractivity contribution >= 4 is 11.7 Å². The highest BCUT2D eigenvalue weighted by atomic mass is 16.2. The van der Waals surface area contributed by atoms with Crippen molar-refractivity contribution in [1.82, 2.24) is 15.5 Å². The van der Waals surface area contributed by atoms with Gasteiger partial charge in [0.25, 0.3) is 0 Å². The summed E-state index contributed by atoms with van der Waals surface area (Å²) in [4.78, 5) is 15.3. The lowest BCUT2D eigenvalue weighted by molar-refractivity contribution is -0.125. The summed E-state index contributed by atoms with van der Waals surface area (Å²) in [5.41, 5.74) is 2.17. The number of anilines is 1. The van der Waals surface area contributed by atoms with Gasteiger partial charge in [0.15, 0.2) is 5.82 Å². The normalized spacial score (nSPS) is 16.8. The van der Waals surface area contributed by atoms with E-state index >= 15 is 0 Å². The van der Waals surface area contributed by atoms with E-state index in [1.165, 1.54) is 0 Å². The zero-order valence-electron chi connectivity index (χ0n) is 15.7. The van der Waals surface area contributed by atoms with Crippen LogP contribution in [0.3, 0.4) is 0 Å². The molecular formula is C23H24N4O. The monoisotopic (exact) mass is 372 g/mol. The van der Waals surface area contributed by atoms with Gasteiger partial charge in [-0.25, -0.2) is 0 Å². The molecule has 1 fully saturated rings. The largest absolute Gasteiger partial charge is 0.354 e. The molecule has 0 aliphatic carbocycles. The Morgan fingerprint density at radius 3 is 2.25 bits per heavy atom. The van der Waals surface area contributed by atoms with E-state index in [2.05, 4.69) is 44.7 Å². The minimum Gasteiger partial charge on any atom is -0.354 e. The van der Waals surface area contributed by atoms with Crippen LogP contribution in [-0.4, -0.2) is 29.2 Å². The van der Waals surface area contributed by atoms with Gasteiger partial charge in [-0.05, 0) is 36.1 Å². The lowest BCUT2D eigenvalue weighted by Crippen LogP contribution is -2.44. The number of hydrogen-bond acceptors (Lipinski definition) is 4. The Morgan fingerprint density at radius 1 is 0.964 bits per heavy atom. The fraction of sp³-hybridized carbons (Fsp3) is 0.261. The van der Waals surface area contributed by atoms with Crippen LogP contribution in [0.1, 0.15) is 30.0 Å². The molecule has 1 aliphatic rings. The summed E-state index contributed by atoms with van der Waals surface area (Å²) in [5, 5.41) is 11.5. The van der Waals surface area contributed by atoms with Gasteiger partial charge in [-0.15, -0.1) is 5.10 Å². The van der Waals surface area contributed by atoms with Crippen LogP contribution >= 0.6 is 0 Å². The van der Waals surface area contributed by atoms with Crippen molar-refractivity contribution in [2.24, 2.45) is 5.92 Å². The molecule has 4 rings (SSSR count). The van der Waals surface area contributed by atoms with Gasteiger partial charge in [-0.3, -0.25) is 4.79 Å². The number of piperidine rings is 1. The molecule has 142 valence electrons. The second-order valence-corrected chi connectivity index (χ2v) is 7.13. The van der Waals surface area contributed by atoms with Gasteiger partial charge in [-0.1, -0.05) is 60.7 Å². The number of hydrogen-bond donors (Lipinski definition) is 1. The molecule has 0 spiro atoms. The van der Waals surface area contributed by atoms with Gasteiger partial charge in [-0.2, -0.15) is 5.10 Å². The Balaban J connectivity index is 1.51. The molecule has 0 radical (unpaired) electrons. The Bertz CT molecular complexity index is 847. The molecule has 3 aromatic rings. The predicted octanol–water partition coefficient (Wildman–Crippen LogP) is 3.60. The lowest BCUT2D eigenvalue weighted by Gasteiger charge is -2.33. The van der Waals surface area contributed by atoms with Gasteiger partial charge < -0.3 is 10.2 Å². The molecule has 2 aromatic carbocycles. The summed E-state index contributed by atoms with van der Waals surface area (Å²) in [5.74, 6) is 0.861. The van der Waals surface area contributed by atoms with Crippen LogP contribution in [0.25, 0.3) is 0 Å². The molecule has 1 saturated heterocycles. The minimum absolute atomic E-state index is 0.0642. The summed E-state index contributed by atoms with van der Waals surface area (Å²) in [6.07, 6.45) is 3.52. The zero-order valence-corrected chi connectivity index (χ0v) is 15.7. The molecule has 1 unspecified atom stereocenters. The SMILES string of the molecule is O=C(NC(c1ccccc1)c1ccccc1)C1CCCN(c2cccnn2)C1. The van der Waals surface area contributed by atoms with Crippen molar-refractivity contribution in [2.75, 3.05) is 18.0 Å². The molecular weight excluding hydrogens is 348 g/mol. The highest BCUT2D eigenvalue weighted by molar-refractivity contribution is 5.80. The van der Waals surface area contributed by atoms with Crippen molar-refractivity contribution in [1.29, 1.82) is 0 Å². The predicted molar refractivity (Wildman–Crippen MR) is 110 cm³/mol. The number of nitrogens with one attached hydrogen (secondary N) is 1. The van der Waals surface area contributed by atoms with Crippen molar-refractivity contribution in [3.8, 4) is 0 Å². The average Bonchev–Trinajstić information content (AvgIpc) is 2.79. The quantitative estimate of drug-likeness (QED) is 0.743. The molecule has 2 heterocycles. The van der Waals surface area contributed by atoms with E-state index in [-0.39, 0.29) is 17.9 Å². The van der Waals surface area contributed by atoms with E-state index in [1.54, 1.807) is 6.20 Å². The van der Waals surface area contributed by atoms with Crippen molar-refractivity contribution in [3.05, 3.63) is 90.1 Å². The van der Waals surface area contributed by atoms with Gasteiger partial charge in [0.1, 0.15) is 0 Å². The van der Waals surface area contributed by atoms with Gasteiger partial charge in [0.05, 0.1) is 12.0 Å². The van der Waals surface area contributed by atoms with Crippen LogP contribution in [0, 0.1) is 5.92 Å². The Hall–Kier alpha value is -3.21. The zero-order chi connectivity index (χ0) is 19.2. The first-order valence-corrected chi connectivity index (χ1v) is 9.74. The van der Waals surface area contributed by atoms with Crippen molar-refractivity contribution in [2.45, 2.75) is 18.9 Å². The molecule has 1 aromatic heterocycles. The number of carbonyl (C=O) groups is 1. The second kappa shape index (κ2) is 8.65. The summed E-state index contributed by atoms with van der Waals surface area (Å²) >= 11 is 0. The first kappa shape index (κ1) is 18.2. The van der Waals surface area contributed by atoms with E-state index in [0.29, 0.717) is 6.54 Å². The number of carbonyl (C=O) groups excluding carboxylic acids is 1. The van der Waals surface area contributed by atoms with Crippen LogP contribution in [0.2, 0.25) is 0 Å². The van der Waals surface area contributed by atoms with Crippen LogP contribution in [0.5, 0.6) is 0 Å². The van der Waals surface area contributed by atoms with Crippen molar-refractivity contribution in [3.63, 3.8) is 0 Å². The average molecular weight is 372 g/mol. The third kappa shape index (κ3) is 4.19. The van der Waals surface area contributed by atoms with Crippen LogP contribution < -0.4 is 10.2 Å². The maximum absolute atomic E-state index is 13.2. The number of rotatable bonds is 5. The van der Waals surface area contributed by atoms with E-state index in [1.807, 2.05) is 48.5 Å². The van der Waals surface area contributed by atoms with Crippen LogP contribution in [0.15, 0.2) is 79.0 Å². The van der Waals surface area contributed by atoms with E-state index in [0.717, 1.165) is 36.3 Å². The van der Waals surface area contributed by atoms with Gasteiger partial charge >= 0.3 is 0 Å². The highest BCUT2D eigenvalue weighted by Crippen LogP contribution is 2.25. The molecule has 28 heavy (non-hydrogen) atoms. The topological polar surface area (TPSA) is 58.1 Å². The van der Waals surface area contributed by atoms with Crippen LogP contribution in [0.4, 0.5) is 5.82 Å². The number of amides is 1. The molecule has 1 atom stereocenters. The van der Waals surface area contributed by atoms with Crippen molar-refractivity contribution < 1.29 is 4.79 Å². The molecule has 0 bridgehead atoms. The molecule has 5 nitrogen and oxygen atoms in total. The number of aromatic nitrogens is 2. The fourth-order valence-electron chi connectivity index (χ4n) is 3.77. The first-order chi connectivity index (χ1) is 13.8. The Kier molecular flexibility index (Phi) is 5.61. The maximum atomic E-state index is 13.2. The summed E-state index contributed by atoms with van der Waals surface area (Å²) in [6.45, 7) is 1.57. The lowest BCUT2D eigenvalue weighted by atomic mass is 9.94. The maximum Gasteiger partial charge on any atom is 0.225 e. The third-order valence-corrected chi connectivity index (χ3v) is 5.23. The fourth-order valence-corrected chi connectivity index (χ4v) is 3.77. The molecule has 1 N–H and O–H groups in total. The highest BCUT2D eigenvalue weighted by Gasteiger charge is 2.28. The van der Waals surface area contributed by atoms with E-state index in [4.69, 9.17) is 0 Å². The van der Waals surface area contributed by atoms with Crippen LogP contribution in [-0.2, 0) is 4.79 Å². The molecule has 1 aliphatic heterocycles. The first-order valence-electron chi connectivity index (χ1n) is 9.74. The third-order valence-electron chi connectivity index (χ3n) is 5.23. The number of benzene rings is 2. The number of nitrogens with zero attached hydrogens (tertiary/aromatic N) is 3. The molecule has 5 heteroatoms. The minimum atomic E-state index is -0.151. The van der Waals surface area contributed by atoms with E-state index < -0.39 is 0 Å².